The average molecular weight is 398 g/mol. The molecule has 2 aromatic heterocycles. The van der Waals surface area contributed by atoms with Crippen LogP contribution in [0.3, 0.4) is 0 Å². The molecule has 1 aliphatic heterocycles. The largest absolute Gasteiger partial charge is 0.416 e. The number of rotatable bonds is 6. The lowest BCUT2D eigenvalue weighted by atomic mass is 9.99. The van der Waals surface area contributed by atoms with Crippen molar-refractivity contribution in [2.75, 3.05) is 31.5 Å². The highest BCUT2D eigenvalue weighted by molar-refractivity contribution is 6.30. The Labute approximate surface area is 169 Å². The fourth-order valence-electron chi connectivity index (χ4n) is 3.38. The Hall–Kier alpha value is -2.44. The lowest BCUT2D eigenvalue weighted by molar-refractivity contribution is 0.199. The third-order valence-corrected chi connectivity index (χ3v) is 5.40. The van der Waals surface area contributed by atoms with Crippen molar-refractivity contribution in [3.63, 3.8) is 0 Å². The van der Waals surface area contributed by atoms with E-state index >= 15 is 0 Å². The van der Waals surface area contributed by atoms with Gasteiger partial charge < -0.3 is 14.6 Å². The van der Waals surface area contributed by atoms with Crippen LogP contribution in [0.15, 0.2) is 47.0 Å². The van der Waals surface area contributed by atoms with E-state index in [-0.39, 0.29) is 0 Å². The smallest absolute Gasteiger partial charge is 0.251 e. The number of hydrogen-bond acceptors (Lipinski definition) is 6. The van der Waals surface area contributed by atoms with Gasteiger partial charge in [0.25, 0.3) is 5.89 Å². The van der Waals surface area contributed by atoms with Crippen LogP contribution in [-0.4, -0.2) is 46.3 Å². The summed E-state index contributed by atoms with van der Waals surface area (Å²) in [6.07, 6.45) is 4.33. The fraction of sp³-hybridized carbons (Fsp3) is 0.381. The zero-order valence-electron chi connectivity index (χ0n) is 15.9. The molecule has 0 radical (unpaired) electrons. The third kappa shape index (κ3) is 4.51. The van der Waals surface area contributed by atoms with Crippen LogP contribution >= 0.6 is 11.6 Å². The molecule has 3 heterocycles. The zero-order chi connectivity index (χ0) is 19.3. The molecule has 0 spiro atoms. The molecule has 146 valence electrons. The van der Waals surface area contributed by atoms with E-state index in [9.17, 15) is 0 Å². The Balaban J connectivity index is 1.43. The van der Waals surface area contributed by atoms with Crippen LogP contribution in [0.4, 0.5) is 5.82 Å². The van der Waals surface area contributed by atoms with Crippen LogP contribution in [0.25, 0.3) is 22.9 Å². The second-order valence-corrected chi connectivity index (χ2v) is 7.71. The Morgan fingerprint density at radius 3 is 2.64 bits per heavy atom. The molecule has 0 aliphatic carbocycles. The van der Waals surface area contributed by atoms with Gasteiger partial charge in [-0.1, -0.05) is 18.5 Å². The summed E-state index contributed by atoms with van der Waals surface area (Å²) < 4.78 is 5.89. The second kappa shape index (κ2) is 8.71. The number of aromatic nitrogens is 3. The summed E-state index contributed by atoms with van der Waals surface area (Å²) in [5.74, 6) is 2.52. The number of nitrogens with one attached hydrogen (secondary N) is 1. The lowest BCUT2D eigenvalue weighted by Crippen LogP contribution is -2.36. The first kappa shape index (κ1) is 18.9. The summed E-state index contributed by atoms with van der Waals surface area (Å²) in [6.45, 7) is 6.51. The Bertz CT molecular complexity index is 903. The minimum atomic E-state index is 0.451. The van der Waals surface area contributed by atoms with E-state index in [1.165, 1.54) is 25.9 Å². The number of halogens is 1. The van der Waals surface area contributed by atoms with Crippen LogP contribution in [0.5, 0.6) is 0 Å². The van der Waals surface area contributed by atoms with E-state index in [1.807, 2.05) is 24.3 Å². The molecule has 1 aromatic carbocycles. The predicted molar refractivity (Wildman–Crippen MR) is 111 cm³/mol. The maximum atomic E-state index is 5.95. The first-order chi connectivity index (χ1) is 13.7. The highest BCUT2D eigenvalue weighted by Crippen LogP contribution is 2.28. The van der Waals surface area contributed by atoms with Gasteiger partial charge in [-0.2, -0.15) is 0 Å². The molecule has 6 nitrogen and oxygen atoms in total. The van der Waals surface area contributed by atoms with Crippen molar-refractivity contribution in [2.24, 2.45) is 5.92 Å². The van der Waals surface area contributed by atoms with Crippen LogP contribution < -0.4 is 5.32 Å². The summed E-state index contributed by atoms with van der Waals surface area (Å²) in [5, 5.41) is 12.5. The lowest BCUT2D eigenvalue weighted by Gasteiger charge is -2.30. The zero-order valence-corrected chi connectivity index (χ0v) is 16.7. The summed E-state index contributed by atoms with van der Waals surface area (Å²) in [6, 6.07) is 11.1. The minimum absolute atomic E-state index is 0.451. The minimum Gasteiger partial charge on any atom is -0.416 e. The van der Waals surface area contributed by atoms with E-state index in [4.69, 9.17) is 16.0 Å². The Kier molecular flexibility index (Phi) is 5.88. The quantitative estimate of drug-likeness (QED) is 0.655. The third-order valence-electron chi connectivity index (χ3n) is 5.15. The molecule has 3 aromatic rings. The second-order valence-electron chi connectivity index (χ2n) is 7.27. The van der Waals surface area contributed by atoms with E-state index in [2.05, 4.69) is 32.3 Å². The molecule has 7 heteroatoms. The molecule has 0 bridgehead atoms. The molecule has 0 atom stereocenters. The maximum Gasteiger partial charge on any atom is 0.251 e. The number of piperidine rings is 1. The summed E-state index contributed by atoms with van der Waals surface area (Å²) in [7, 11) is 0. The molecule has 1 aliphatic rings. The van der Waals surface area contributed by atoms with Crippen molar-refractivity contribution in [3.05, 3.63) is 47.6 Å². The van der Waals surface area contributed by atoms with Crippen LogP contribution in [0.1, 0.15) is 19.8 Å². The number of likely N-dealkylation sites (tertiary alicyclic amines) is 1. The first-order valence-electron chi connectivity index (χ1n) is 9.70. The van der Waals surface area contributed by atoms with E-state index in [0.29, 0.717) is 16.8 Å². The van der Waals surface area contributed by atoms with Gasteiger partial charge in [0.2, 0.25) is 5.89 Å². The standard InChI is InChI=1S/C21H24ClN5O/c1-15-8-12-27(13-9-15)14-11-24-19-18(3-2-10-23-19)21-26-25-20(28-21)16-4-6-17(22)7-5-16/h2-7,10,15H,8-9,11-14H2,1H3,(H,23,24). The van der Waals surface area contributed by atoms with Gasteiger partial charge in [-0.15, -0.1) is 10.2 Å². The predicted octanol–water partition coefficient (Wildman–Crippen LogP) is 4.60. The first-order valence-corrected chi connectivity index (χ1v) is 10.1. The molecule has 1 fully saturated rings. The van der Waals surface area contributed by atoms with E-state index < -0.39 is 0 Å². The van der Waals surface area contributed by atoms with Crippen LogP contribution in [0.2, 0.25) is 5.02 Å². The summed E-state index contributed by atoms with van der Waals surface area (Å²) in [4.78, 5) is 6.97. The summed E-state index contributed by atoms with van der Waals surface area (Å²) >= 11 is 5.95. The van der Waals surface area contributed by atoms with Crippen molar-refractivity contribution in [3.8, 4) is 22.9 Å². The molecular weight excluding hydrogens is 374 g/mol. The van der Waals surface area contributed by atoms with Crippen LogP contribution in [0, 0.1) is 5.92 Å². The van der Waals surface area contributed by atoms with Crippen molar-refractivity contribution >= 4 is 17.4 Å². The van der Waals surface area contributed by atoms with Crippen LogP contribution in [-0.2, 0) is 0 Å². The van der Waals surface area contributed by atoms with Crippen molar-refractivity contribution in [1.29, 1.82) is 0 Å². The Morgan fingerprint density at radius 2 is 1.86 bits per heavy atom. The normalized spacial score (nSPS) is 15.6. The number of pyridine rings is 1. The van der Waals surface area contributed by atoms with Gasteiger partial charge in [-0.3, -0.25) is 0 Å². The van der Waals surface area contributed by atoms with Crippen molar-refractivity contribution in [2.45, 2.75) is 19.8 Å². The van der Waals surface area contributed by atoms with Gasteiger partial charge in [-0.25, -0.2) is 4.98 Å². The van der Waals surface area contributed by atoms with Crippen molar-refractivity contribution in [1.82, 2.24) is 20.1 Å². The number of hydrogen-bond donors (Lipinski definition) is 1. The van der Waals surface area contributed by atoms with Gasteiger partial charge in [0.1, 0.15) is 5.82 Å². The number of nitrogens with zero attached hydrogens (tertiary/aromatic N) is 4. The van der Waals surface area contributed by atoms with E-state index in [0.717, 1.165) is 36.0 Å². The van der Waals surface area contributed by atoms with E-state index in [1.54, 1.807) is 18.3 Å². The molecule has 4 rings (SSSR count). The van der Waals surface area contributed by atoms with Gasteiger partial charge in [0, 0.05) is 29.9 Å². The molecule has 0 unspecified atom stereocenters. The number of benzene rings is 1. The summed E-state index contributed by atoms with van der Waals surface area (Å²) in [5.41, 5.74) is 1.64. The monoisotopic (exact) mass is 397 g/mol. The molecule has 28 heavy (non-hydrogen) atoms. The highest BCUT2D eigenvalue weighted by Gasteiger charge is 2.17. The average Bonchev–Trinajstić information content (AvgIpc) is 3.20. The number of anilines is 1. The fourth-order valence-corrected chi connectivity index (χ4v) is 3.50. The SMILES string of the molecule is CC1CCN(CCNc2ncccc2-c2nnc(-c3ccc(Cl)cc3)o2)CC1. The topological polar surface area (TPSA) is 67.1 Å². The molecule has 0 saturated carbocycles. The molecule has 1 N–H and O–H groups in total. The molecular formula is C21H24ClN5O. The van der Waals surface area contributed by atoms with Gasteiger partial charge in [0.05, 0.1) is 5.56 Å². The van der Waals surface area contributed by atoms with Gasteiger partial charge in [0.15, 0.2) is 0 Å². The van der Waals surface area contributed by atoms with Crippen molar-refractivity contribution < 1.29 is 4.42 Å². The highest BCUT2D eigenvalue weighted by atomic mass is 35.5. The maximum absolute atomic E-state index is 5.95. The van der Waals surface area contributed by atoms with Gasteiger partial charge in [-0.05, 0) is 68.2 Å². The molecule has 0 amide bonds. The molecule has 1 saturated heterocycles. The Morgan fingerprint density at radius 1 is 1.11 bits per heavy atom. The van der Waals surface area contributed by atoms with Gasteiger partial charge >= 0.3 is 0 Å².